The van der Waals surface area contributed by atoms with E-state index in [0.717, 1.165) is 32.5 Å². The number of hydrazone groups is 1. The number of nitrogens with zero attached hydrogens (tertiary/aromatic N) is 3. The molecule has 0 fully saturated rings. The van der Waals surface area contributed by atoms with E-state index in [1.165, 1.54) is 38.6 Å². The van der Waals surface area contributed by atoms with Gasteiger partial charge in [-0.15, -0.1) is 0 Å². The van der Waals surface area contributed by atoms with Crippen molar-refractivity contribution in [3.63, 3.8) is 0 Å². The highest BCUT2D eigenvalue weighted by Crippen LogP contribution is 2.34. The number of hydrogen-bond acceptors (Lipinski definition) is 6. The SMILES string of the molecule is COc1ccc(N(CC(=O)N/N=C\c2cc(C)n(-c3cccc(Cl)c3)c2C)S(=O)(=O)c2ccc(C)cc2)cc1OC. The van der Waals surface area contributed by atoms with Crippen LogP contribution in [-0.4, -0.2) is 45.9 Å². The summed E-state index contributed by atoms with van der Waals surface area (Å²) in [4.78, 5) is 13.1. The second kappa shape index (κ2) is 12.5. The molecule has 1 N–H and O–H groups in total. The van der Waals surface area contributed by atoms with Crippen molar-refractivity contribution < 1.29 is 22.7 Å². The number of benzene rings is 3. The topological polar surface area (TPSA) is 102 Å². The van der Waals surface area contributed by atoms with Crippen LogP contribution in [-0.2, 0) is 14.8 Å². The third-order valence-electron chi connectivity index (χ3n) is 6.48. The van der Waals surface area contributed by atoms with Gasteiger partial charge in [-0.1, -0.05) is 35.4 Å². The third kappa shape index (κ3) is 6.55. The predicted octanol–water partition coefficient (Wildman–Crippen LogP) is 5.42. The first-order valence-corrected chi connectivity index (χ1v) is 14.4. The molecule has 0 radical (unpaired) electrons. The number of carbonyl (C=O) groups excluding carboxylic acids is 1. The van der Waals surface area contributed by atoms with Crippen LogP contribution in [0.2, 0.25) is 5.02 Å². The summed E-state index contributed by atoms with van der Waals surface area (Å²) in [5.41, 5.74) is 7.14. The Balaban J connectivity index is 1.60. The minimum Gasteiger partial charge on any atom is -0.493 e. The molecule has 0 aliphatic rings. The summed E-state index contributed by atoms with van der Waals surface area (Å²) in [7, 11) is -1.19. The molecule has 0 unspecified atom stereocenters. The van der Waals surface area contributed by atoms with Crippen molar-refractivity contribution in [3.8, 4) is 17.2 Å². The lowest BCUT2D eigenvalue weighted by Crippen LogP contribution is -2.39. The molecule has 0 bridgehead atoms. The van der Waals surface area contributed by atoms with Gasteiger partial charge in [0.05, 0.1) is 31.0 Å². The van der Waals surface area contributed by atoms with E-state index in [2.05, 4.69) is 10.5 Å². The zero-order valence-electron chi connectivity index (χ0n) is 23.4. The molecule has 11 heteroatoms. The van der Waals surface area contributed by atoms with E-state index in [1.807, 2.05) is 55.7 Å². The fourth-order valence-electron chi connectivity index (χ4n) is 4.40. The molecule has 4 aromatic rings. The Hall–Kier alpha value is -4.28. The number of anilines is 1. The van der Waals surface area contributed by atoms with Crippen molar-refractivity contribution in [1.82, 2.24) is 9.99 Å². The van der Waals surface area contributed by atoms with Crippen molar-refractivity contribution in [3.05, 3.63) is 100 Å². The number of halogens is 1. The van der Waals surface area contributed by atoms with Gasteiger partial charge in [-0.25, -0.2) is 13.8 Å². The Morgan fingerprint density at radius 1 is 0.976 bits per heavy atom. The summed E-state index contributed by atoms with van der Waals surface area (Å²) in [6, 6.07) is 20.5. The Kier molecular flexibility index (Phi) is 9.05. The highest BCUT2D eigenvalue weighted by Gasteiger charge is 2.28. The maximum absolute atomic E-state index is 13.7. The van der Waals surface area contributed by atoms with Crippen LogP contribution in [0.3, 0.4) is 0 Å². The largest absolute Gasteiger partial charge is 0.493 e. The normalized spacial score (nSPS) is 11.5. The summed E-state index contributed by atoms with van der Waals surface area (Å²) in [6.45, 7) is 5.23. The zero-order chi connectivity index (χ0) is 29.7. The number of aryl methyl sites for hydroxylation is 2. The van der Waals surface area contributed by atoms with E-state index in [4.69, 9.17) is 21.1 Å². The van der Waals surface area contributed by atoms with E-state index in [9.17, 15) is 13.2 Å². The van der Waals surface area contributed by atoms with Crippen molar-refractivity contribution in [2.75, 3.05) is 25.1 Å². The van der Waals surface area contributed by atoms with Crippen LogP contribution in [0.15, 0.2) is 82.8 Å². The second-order valence-corrected chi connectivity index (χ2v) is 11.6. The highest BCUT2D eigenvalue weighted by molar-refractivity contribution is 7.92. The molecule has 9 nitrogen and oxygen atoms in total. The second-order valence-electron chi connectivity index (χ2n) is 9.30. The molecular weight excluding hydrogens is 564 g/mol. The number of hydrogen-bond donors (Lipinski definition) is 1. The van der Waals surface area contributed by atoms with Gasteiger partial charge in [0.25, 0.3) is 15.9 Å². The molecule has 1 aromatic heterocycles. The molecule has 3 aromatic carbocycles. The Morgan fingerprint density at radius 3 is 2.34 bits per heavy atom. The van der Waals surface area contributed by atoms with Crippen LogP contribution in [0.1, 0.15) is 22.5 Å². The average molecular weight is 595 g/mol. The Labute approximate surface area is 245 Å². The molecule has 1 amide bonds. The van der Waals surface area contributed by atoms with Gasteiger partial charge in [0.15, 0.2) is 11.5 Å². The predicted molar refractivity (Wildman–Crippen MR) is 161 cm³/mol. The molecule has 0 saturated heterocycles. The van der Waals surface area contributed by atoms with Crippen LogP contribution < -0.4 is 19.2 Å². The van der Waals surface area contributed by atoms with Gasteiger partial charge < -0.3 is 14.0 Å². The maximum Gasteiger partial charge on any atom is 0.264 e. The molecule has 41 heavy (non-hydrogen) atoms. The molecule has 214 valence electrons. The summed E-state index contributed by atoms with van der Waals surface area (Å²) < 4.78 is 41.1. The van der Waals surface area contributed by atoms with Gasteiger partial charge in [0.2, 0.25) is 0 Å². The number of amides is 1. The van der Waals surface area contributed by atoms with Crippen LogP contribution in [0, 0.1) is 20.8 Å². The number of carbonyl (C=O) groups is 1. The van der Waals surface area contributed by atoms with E-state index in [1.54, 1.807) is 24.3 Å². The van der Waals surface area contributed by atoms with Crippen molar-refractivity contribution in [2.24, 2.45) is 5.10 Å². The van der Waals surface area contributed by atoms with Crippen LogP contribution in [0.5, 0.6) is 11.5 Å². The van der Waals surface area contributed by atoms with E-state index in [0.29, 0.717) is 16.5 Å². The molecule has 1 heterocycles. The lowest BCUT2D eigenvalue weighted by molar-refractivity contribution is -0.119. The average Bonchev–Trinajstić information content (AvgIpc) is 3.23. The first-order valence-electron chi connectivity index (χ1n) is 12.6. The standard InChI is InChI=1S/C30H31ClN4O5S/c1-20-9-12-27(13-10-20)41(37,38)34(25-11-14-28(39-4)29(17-25)40-5)19-30(36)33-32-18-23-15-21(2)35(22(23)3)26-8-6-7-24(31)16-26/h6-18H,19H2,1-5H3,(H,33,36)/b32-18-. The van der Waals surface area contributed by atoms with Crippen LogP contribution in [0.4, 0.5) is 5.69 Å². The Bertz CT molecular complexity index is 1700. The van der Waals surface area contributed by atoms with Crippen molar-refractivity contribution >= 4 is 39.4 Å². The minimum absolute atomic E-state index is 0.0441. The highest BCUT2D eigenvalue weighted by atomic mass is 35.5. The van der Waals surface area contributed by atoms with Gasteiger partial charge in [-0.05, 0) is 69.3 Å². The fourth-order valence-corrected chi connectivity index (χ4v) is 6.00. The molecule has 0 aliphatic heterocycles. The Morgan fingerprint density at radius 2 is 1.68 bits per heavy atom. The number of methoxy groups -OCH3 is 2. The van der Waals surface area contributed by atoms with Gasteiger partial charge in [-0.3, -0.25) is 9.10 Å². The summed E-state index contributed by atoms with van der Waals surface area (Å²) in [5.74, 6) is 0.117. The quantitative estimate of drug-likeness (QED) is 0.195. The molecule has 4 rings (SSSR count). The van der Waals surface area contributed by atoms with Gasteiger partial charge in [-0.2, -0.15) is 5.10 Å². The molecule has 0 spiro atoms. The lowest BCUT2D eigenvalue weighted by Gasteiger charge is -2.24. The van der Waals surface area contributed by atoms with Crippen molar-refractivity contribution in [1.29, 1.82) is 0 Å². The fraction of sp³-hybridized carbons (Fsp3) is 0.200. The monoisotopic (exact) mass is 594 g/mol. The number of nitrogens with one attached hydrogen (secondary N) is 1. The van der Waals surface area contributed by atoms with Gasteiger partial charge >= 0.3 is 0 Å². The minimum atomic E-state index is -4.12. The van der Waals surface area contributed by atoms with E-state index >= 15 is 0 Å². The van der Waals surface area contributed by atoms with E-state index in [-0.39, 0.29) is 10.6 Å². The summed E-state index contributed by atoms with van der Waals surface area (Å²) in [5, 5.41) is 4.73. The van der Waals surface area contributed by atoms with Crippen LogP contribution >= 0.6 is 11.6 Å². The van der Waals surface area contributed by atoms with Gasteiger partial charge in [0, 0.05) is 33.7 Å². The number of aromatic nitrogens is 1. The molecule has 0 aliphatic carbocycles. The summed E-state index contributed by atoms with van der Waals surface area (Å²) in [6.07, 6.45) is 1.52. The maximum atomic E-state index is 13.7. The number of ether oxygens (including phenoxy) is 2. The number of rotatable bonds is 10. The molecule has 0 saturated carbocycles. The molecule has 0 atom stereocenters. The number of sulfonamides is 1. The van der Waals surface area contributed by atoms with Crippen LogP contribution in [0.25, 0.3) is 5.69 Å². The zero-order valence-corrected chi connectivity index (χ0v) is 25.0. The van der Waals surface area contributed by atoms with Gasteiger partial charge in [0.1, 0.15) is 6.54 Å². The first-order chi connectivity index (χ1) is 19.5. The smallest absolute Gasteiger partial charge is 0.264 e. The van der Waals surface area contributed by atoms with E-state index < -0.39 is 22.5 Å². The molecular formula is C30H31ClN4O5S. The van der Waals surface area contributed by atoms with Crippen molar-refractivity contribution in [2.45, 2.75) is 25.7 Å². The summed E-state index contributed by atoms with van der Waals surface area (Å²) >= 11 is 6.17. The third-order valence-corrected chi connectivity index (χ3v) is 8.50. The first kappa shape index (κ1) is 29.7. The lowest BCUT2D eigenvalue weighted by atomic mass is 10.2.